The molecule has 1 N–H and O–H groups in total. The van der Waals surface area contributed by atoms with Gasteiger partial charge in [-0.3, -0.25) is 0 Å². The van der Waals surface area contributed by atoms with Crippen molar-refractivity contribution in [2.45, 2.75) is 10.8 Å². The molecule has 2 aliphatic rings. The molecule has 0 heterocycles. The fourth-order valence-electron chi connectivity index (χ4n) is 9.28. The van der Waals surface area contributed by atoms with Gasteiger partial charge in [0.25, 0.3) is 0 Å². The first-order chi connectivity index (χ1) is 25.3. The van der Waals surface area contributed by atoms with Gasteiger partial charge in [-0.2, -0.15) is 0 Å². The van der Waals surface area contributed by atoms with E-state index in [0.29, 0.717) is 0 Å². The van der Waals surface area contributed by atoms with Crippen molar-refractivity contribution in [1.82, 2.24) is 0 Å². The van der Waals surface area contributed by atoms with E-state index in [4.69, 9.17) is 0 Å². The predicted molar refractivity (Wildman–Crippen MR) is 211 cm³/mol. The molecule has 0 amide bonds. The highest BCUT2D eigenvalue weighted by Crippen LogP contribution is 2.59. The summed E-state index contributed by atoms with van der Waals surface area (Å²) in [5.74, 6) is 0. The minimum absolute atomic E-state index is 0.418. The summed E-state index contributed by atoms with van der Waals surface area (Å²) in [4.78, 5) is 0. The van der Waals surface area contributed by atoms with E-state index in [0.717, 1.165) is 11.4 Å². The van der Waals surface area contributed by atoms with Crippen LogP contribution in [0.25, 0.3) is 22.3 Å². The lowest BCUT2D eigenvalue weighted by molar-refractivity contribution is 0.768. The number of anilines is 2. The van der Waals surface area contributed by atoms with Crippen LogP contribution in [-0.4, -0.2) is 0 Å². The van der Waals surface area contributed by atoms with E-state index < -0.39 is 10.8 Å². The van der Waals surface area contributed by atoms with E-state index in [1.54, 1.807) is 0 Å². The molecule has 0 spiro atoms. The smallest absolute Gasteiger partial charge is 0.0733 e. The standard InChI is InChI=1S/C50H35N/c1-4-17-35(18-5-1)49(44-27-13-10-23-40(44)41-24-11-14-28-45(41)49)38-31-33-39(34-32-38)51-47-30-16-26-43-42-25-12-15-29-46(42)50(48(43)47,36-19-6-2-7-20-36)37-21-8-3-9-22-37/h1-34,51H. The van der Waals surface area contributed by atoms with Crippen LogP contribution in [0.3, 0.4) is 0 Å². The summed E-state index contributed by atoms with van der Waals surface area (Å²) in [7, 11) is 0. The van der Waals surface area contributed by atoms with Gasteiger partial charge in [-0.15, -0.1) is 0 Å². The van der Waals surface area contributed by atoms with Crippen LogP contribution in [0.4, 0.5) is 11.4 Å². The van der Waals surface area contributed by atoms with E-state index in [1.165, 1.54) is 66.8 Å². The Morgan fingerprint density at radius 1 is 0.275 bits per heavy atom. The van der Waals surface area contributed by atoms with Crippen molar-refractivity contribution < 1.29 is 0 Å². The average Bonchev–Trinajstić information content (AvgIpc) is 3.69. The molecule has 0 atom stereocenters. The fourth-order valence-corrected chi connectivity index (χ4v) is 9.28. The quantitative estimate of drug-likeness (QED) is 0.189. The Labute approximate surface area is 299 Å². The van der Waals surface area contributed by atoms with Gasteiger partial charge < -0.3 is 5.32 Å². The lowest BCUT2D eigenvalue weighted by atomic mass is 9.67. The third-order valence-corrected chi connectivity index (χ3v) is 11.2. The molecule has 0 aliphatic heterocycles. The molecule has 8 aromatic rings. The van der Waals surface area contributed by atoms with Crippen molar-refractivity contribution in [3.05, 3.63) is 251 Å². The molecule has 51 heavy (non-hydrogen) atoms. The zero-order chi connectivity index (χ0) is 33.8. The first kappa shape index (κ1) is 29.5. The van der Waals surface area contributed by atoms with Crippen LogP contribution >= 0.6 is 0 Å². The van der Waals surface area contributed by atoms with Crippen molar-refractivity contribution in [3.8, 4) is 22.3 Å². The summed E-state index contributed by atoms with van der Waals surface area (Å²) in [5, 5.41) is 3.94. The third-order valence-electron chi connectivity index (χ3n) is 11.2. The van der Waals surface area contributed by atoms with Crippen LogP contribution < -0.4 is 5.32 Å². The van der Waals surface area contributed by atoms with Gasteiger partial charge in [-0.05, 0) is 79.4 Å². The second-order valence-electron chi connectivity index (χ2n) is 13.7. The van der Waals surface area contributed by atoms with Gasteiger partial charge in [0.05, 0.1) is 10.8 Å². The molecule has 0 aromatic heterocycles. The van der Waals surface area contributed by atoms with Crippen LogP contribution in [0.5, 0.6) is 0 Å². The predicted octanol–water partition coefficient (Wildman–Crippen LogP) is 12.2. The van der Waals surface area contributed by atoms with Crippen LogP contribution in [0.2, 0.25) is 0 Å². The second-order valence-corrected chi connectivity index (χ2v) is 13.7. The molecule has 1 heteroatoms. The molecule has 0 radical (unpaired) electrons. The molecular weight excluding hydrogens is 615 g/mol. The molecule has 0 saturated carbocycles. The fraction of sp³-hybridized carbons (Fsp3) is 0.0400. The summed E-state index contributed by atoms with van der Waals surface area (Å²) in [6.07, 6.45) is 0. The Morgan fingerprint density at radius 3 is 1.16 bits per heavy atom. The molecule has 0 saturated heterocycles. The Bertz CT molecular complexity index is 2450. The van der Waals surface area contributed by atoms with E-state index in [-0.39, 0.29) is 0 Å². The Kier molecular flexibility index (Phi) is 6.69. The normalized spacial score (nSPS) is 14.2. The molecule has 1 nitrogen and oxygen atoms in total. The summed E-state index contributed by atoms with van der Waals surface area (Å²) in [5.41, 5.74) is 16.7. The monoisotopic (exact) mass is 649 g/mol. The Balaban J connectivity index is 1.15. The third kappa shape index (κ3) is 4.16. The first-order valence-corrected chi connectivity index (χ1v) is 17.8. The lowest BCUT2D eigenvalue weighted by Crippen LogP contribution is -2.29. The van der Waals surface area contributed by atoms with E-state index >= 15 is 0 Å². The Morgan fingerprint density at radius 2 is 0.647 bits per heavy atom. The maximum absolute atomic E-state index is 3.94. The van der Waals surface area contributed by atoms with E-state index in [9.17, 15) is 0 Å². The molecule has 10 rings (SSSR count). The number of nitrogens with one attached hydrogen (secondary N) is 1. The van der Waals surface area contributed by atoms with E-state index in [2.05, 4.69) is 212 Å². The van der Waals surface area contributed by atoms with Gasteiger partial charge in [-0.25, -0.2) is 0 Å². The molecule has 0 fully saturated rings. The van der Waals surface area contributed by atoms with Crippen LogP contribution in [0, 0.1) is 0 Å². The van der Waals surface area contributed by atoms with Crippen molar-refractivity contribution in [3.63, 3.8) is 0 Å². The van der Waals surface area contributed by atoms with Crippen molar-refractivity contribution >= 4 is 11.4 Å². The lowest BCUT2D eigenvalue weighted by Gasteiger charge is -2.35. The number of hydrogen-bond acceptors (Lipinski definition) is 1. The topological polar surface area (TPSA) is 12.0 Å². The molecule has 0 bridgehead atoms. The summed E-state index contributed by atoms with van der Waals surface area (Å²) >= 11 is 0. The average molecular weight is 650 g/mol. The molecule has 2 aliphatic carbocycles. The SMILES string of the molecule is c1ccc(C2(c3ccc(Nc4cccc5c4C(c4ccccc4)(c4ccccc4)c4ccccc4-5)cc3)c3ccccc3-c3ccccc32)cc1. The van der Waals surface area contributed by atoms with Crippen molar-refractivity contribution in [2.75, 3.05) is 5.32 Å². The Hall–Kier alpha value is -6.44. The minimum Gasteiger partial charge on any atom is -0.355 e. The highest BCUT2D eigenvalue weighted by molar-refractivity contribution is 5.92. The van der Waals surface area contributed by atoms with Crippen molar-refractivity contribution in [1.29, 1.82) is 0 Å². The molecule has 0 unspecified atom stereocenters. The zero-order valence-corrected chi connectivity index (χ0v) is 28.1. The largest absolute Gasteiger partial charge is 0.355 e. The zero-order valence-electron chi connectivity index (χ0n) is 28.1. The van der Waals surface area contributed by atoms with Crippen LogP contribution in [-0.2, 0) is 10.8 Å². The minimum atomic E-state index is -0.480. The summed E-state index contributed by atoms with van der Waals surface area (Å²) in [6, 6.07) is 75.7. The summed E-state index contributed by atoms with van der Waals surface area (Å²) < 4.78 is 0. The van der Waals surface area contributed by atoms with Gasteiger partial charge in [0.2, 0.25) is 0 Å². The number of benzene rings is 8. The van der Waals surface area contributed by atoms with Gasteiger partial charge >= 0.3 is 0 Å². The molecular formula is C50H35N. The highest BCUT2D eigenvalue weighted by Gasteiger charge is 2.48. The van der Waals surface area contributed by atoms with Gasteiger partial charge in [0.15, 0.2) is 0 Å². The highest BCUT2D eigenvalue weighted by atomic mass is 14.9. The van der Waals surface area contributed by atoms with Gasteiger partial charge in [0.1, 0.15) is 0 Å². The maximum Gasteiger partial charge on any atom is 0.0733 e. The van der Waals surface area contributed by atoms with Crippen LogP contribution in [0.15, 0.2) is 206 Å². The van der Waals surface area contributed by atoms with Crippen molar-refractivity contribution in [2.24, 2.45) is 0 Å². The van der Waals surface area contributed by atoms with E-state index in [1.807, 2.05) is 0 Å². The van der Waals surface area contributed by atoms with Gasteiger partial charge in [-0.1, -0.05) is 188 Å². The molecule has 8 aromatic carbocycles. The number of rotatable bonds is 6. The second kappa shape index (κ2) is 11.6. The first-order valence-electron chi connectivity index (χ1n) is 17.8. The number of hydrogen-bond donors (Lipinski definition) is 1. The summed E-state index contributed by atoms with van der Waals surface area (Å²) in [6.45, 7) is 0. The molecule has 240 valence electrons. The van der Waals surface area contributed by atoms with Crippen LogP contribution in [0.1, 0.15) is 44.5 Å². The van der Waals surface area contributed by atoms with Gasteiger partial charge in [0, 0.05) is 16.9 Å². The maximum atomic E-state index is 3.94. The number of fused-ring (bicyclic) bond motifs is 6.